The van der Waals surface area contributed by atoms with Crippen molar-refractivity contribution in [2.24, 2.45) is 0 Å². The van der Waals surface area contributed by atoms with Gasteiger partial charge in [0.1, 0.15) is 24.3 Å². The highest BCUT2D eigenvalue weighted by atomic mass is 19.1. The van der Waals surface area contributed by atoms with E-state index in [1.54, 1.807) is 0 Å². The Morgan fingerprint density at radius 1 is 0.719 bits per heavy atom. The van der Waals surface area contributed by atoms with E-state index in [-0.39, 0.29) is 6.61 Å². The minimum Gasteiger partial charge on any atom is -0.494 e. The summed E-state index contributed by atoms with van der Waals surface area (Å²) in [5.41, 5.74) is 2.85. The molecule has 0 N–H and O–H groups in total. The van der Waals surface area contributed by atoms with Gasteiger partial charge in [0.2, 0.25) is 0 Å². The topological polar surface area (TPSA) is 44.2 Å². The summed E-state index contributed by atoms with van der Waals surface area (Å²) in [5, 5.41) is 0. The summed E-state index contributed by atoms with van der Waals surface area (Å²) in [6.07, 6.45) is 10.2. The Morgan fingerprint density at radius 2 is 1.28 bits per heavy atom. The second-order valence-corrected chi connectivity index (χ2v) is 8.05. The molecule has 5 heteroatoms. The number of benzene rings is 2. The van der Waals surface area contributed by atoms with E-state index in [1.807, 2.05) is 60.9 Å². The Morgan fingerprint density at radius 3 is 1.91 bits per heavy atom. The first-order chi connectivity index (χ1) is 15.7. The van der Waals surface area contributed by atoms with E-state index in [0.29, 0.717) is 11.6 Å². The minimum absolute atomic E-state index is 0.0556. The van der Waals surface area contributed by atoms with Gasteiger partial charge >= 0.3 is 0 Å². The number of rotatable bonds is 13. The van der Waals surface area contributed by atoms with Crippen LogP contribution in [0.2, 0.25) is 0 Å². The summed E-state index contributed by atoms with van der Waals surface area (Å²) in [6, 6.07) is 15.4. The molecule has 0 spiro atoms. The van der Waals surface area contributed by atoms with Crippen molar-refractivity contribution in [3.05, 3.63) is 60.9 Å². The van der Waals surface area contributed by atoms with Crippen LogP contribution in [0.4, 0.5) is 4.39 Å². The van der Waals surface area contributed by atoms with Gasteiger partial charge in [-0.15, -0.1) is 0 Å². The van der Waals surface area contributed by atoms with Gasteiger partial charge in [-0.05, 0) is 55.3 Å². The average molecular weight is 437 g/mol. The van der Waals surface area contributed by atoms with Crippen LogP contribution in [0.1, 0.15) is 52.4 Å². The highest BCUT2D eigenvalue weighted by Crippen LogP contribution is 2.24. The summed E-state index contributed by atoms with van der Waals surface area (Å²) in [5.74, 6) is 2.20. The van der Waals surface area contributed by atoms with Crippen molar-refractivity contribution in [3.8, 4) is 34.0 Å². The van der Waals surface area contributed by atoms with Crippen LogP contribution in [-0.4, -0.2) is 29.4 Å². The lowest BCUT2D eigenvalue weighted by Gasteiger charge is -2.08. The van der Waals surface area contributed by atoms with Gasteiger partial charge in [-0.3, -0.25) is 0 Å². The van der Waals surface area contributed by atoms with Crippen LogP contribution < -0.4 is 9.47 Å². The molecule has 0 aliphatic rings. The van der Waals surface area contributed by atoms with E-state index in [9.17, 15) is 4.39 Å². The number of unbranched alkanes of at least 4 members (excludes halogenated alkanes) is 5. The third-order valence-corrected chi connectivity index (χ3v) is 5.20. The maximum Gasteiger partial charge on any atom is 0.159 e. The fourth-order valence-corrected chi connectivity index (χ4v) is 3.35. The van der Waals surface area contributed by atoms with E-state index in [4.69, 9.17) is 9.47 Å². The molecule has 0 saturated carbocycles. The van der Waals surface area contributed by atoms with Crippen LogP contribution in [0, 0.1) is 0 Å². The van der Waals surface area contributed by atoms with Gasteiger partial charge < -0.3 is 9.47 Å². The second kappa shape index (κ2) is 12.8. The molecule has 0 aliphatic carbocycles. The number of ether oxygens (including phenoxy) is 2. The van der Waals surface area contributed by atoms with E-state index in [2.05, 4.69) is 16.9 Å². The van der Waals surface area contributed by atoms with E-state index in [0.717, 1.165) is 35.5 Å². The predicted molar refractivity (Wildman–Crippen MR) is 128 cm³/mol. The van der Waals surface area contributed by atoms with Gasteiger partial charge in [-0.2, -0.15) is 0 Å². The molecule has 0 fully saturated rings. The van der Waals surface area contributed by atoms with Crippen molar-refractivity contribution < 1.29 is 13.9 Å². The molecule has 0 saturated heterocycles. The molecule has 2 aromatic carbocycles. The molecule has 0 radical (unpaired) electrons. The standard InChI is InChI=1S/C27H33FN2O2/c1-3-4-5-6-7-8-17-31-25-15-11-23(12-16-25)27-29-18-24(19-30-27)22-9-13-26(14-10-22)32-20-21(2)28/h9-16,18-19,21H,3-8,17,20H2,1-2H3. The van der Waals surface area contributed by atoms with Crippen LogP contribution in [0.3, 0.4) is 0 Å². The van der Waals surface area contributed by atoms with Crippen molar-refractivity contribution >= 4 is 0 Å². The summed E-state index contributed by atoms with van der Waals surface area (Å²) in [7, 11) is 0. The van der Waals surface area contributed by atoms with Gasteiger partial charge in [0, 0.05) is 23.5 Å². The SMILES string of the molecule is CCCCCCCCOc1ccc(-c2ncc(-c3ccc(OCC(C)F)cc3)cn2)cc1. The molecular weight excluding hydrogens is 403 g/mol. The lowest BCUT2D eigenvalue weighted by molar-refractivity contribution is 0.210. The average Bonchev–Trinajstić information content (AvgIpc) is 2.83. The summed E-state index contributed by atoms with van der Waals surface area (Å²) < 4.78 is 24.1. The minimum atomic E-state index is -0.989. The fourth-order valence-electron chi connectivity index (χ4n) is 3.35. The molecule has 1 atom stereocenters. The maximum absolute atomic E-state index is 12.9. The Balaban J connectivity index is 1.50. The highest BCUT2D eigenvalue weighted by Gasteiger charge is 2.05. The first kappa shape index (κ1) is 23.7. The van der Waals surface area contributed by atoms with Crippen molar-refractivity contribution in [2.75, 3.05) is 13.2 Å². The number of nitrogens with zero attached hydrogens (tertiary/aromatic N) is 2. The number of hydrogen-bond acceptors (Lipinski definition) is 4. The van der Waals surface area contributed by atoms with Gasteiger partial charge in [0.05, 0.1) is 6.61 Å². The van der Waals surface area contributed by atoms with Crippen LogP contribution in [0.15, 0.2) is 60.9 Å². The molecular formula is C27H33FN2O2. The van der Waals surface area contributed by atoms with Crippen molar-refractivity contribution in [2.45, 2.75) is 58.5 Å². The van der Waals surface area contributed by atoms with Crippen LogP contribution in [0.5, 0.6) is 11.5 Å². The molecule has 0 aliphatic heterocycles. The fraction of sp³-hybridized carbons (Fsp3) is 0.407. The Labute approximate surface area is 190 Å². The maximum atomic E-state index is 12.9. The van der Waals surface area contributed by atoms with E-state index in [1.165, 1.54) is 39.0 Å². The first-order valence-corrected chi connectivity index (χ1v) is 11.6. The van der Waals surface area contributed by atoms with E-state index >= 15 is 0 Å². The Bertz CT molecular complexity index is 910. The largest absolute Gasteiger partial charge is 0.494 e. The predicted octanol–water partition coefficient (Wildman–Crippen LogP) is 7.29. The molecule has 1 unspecified atom stereocenters. The molecule has 170 valence electrons. The Hall–Kier alpha value is -2.95. The van der Waals surface area contributed by atoms with Crippen molar-refractivity contribution in [1.82, 2.24) is 9.97 Å². The molecule has 4 nitrogen and oxygen atoms in total. The first-order valence-electron chi connectivity index (χ1n) is 11.6. The zero-order chi connectivity index (χ0) is 22.6. The third-order valence-electron chi connectivity index (χ3n) is 5.20. The smallest absolute Gasteiger partial charge is 0.159 e. The molecule has 32 heavy (non-hydrogen) atoms. The summed E-state index contributed by atoms with van der Waals surface area (Å²) >= 11 is 0. The van der Waals surface area contributed by atoms with Crippen molar-refractivity contribution in [3.63, 3.8) is 0 Å². The van der Waals surface area contributed by atoms with E-state index < -0.39 is 6.17 Å². The highest BCUT2D eigenvalue weighted by molar-refractivity contribution is 5.64. The lowest BCUT2D eigenvalue weighted by Crippen LogP contribution is -2.08. The zero-order valence-corrected chi connectivity index (χ0v) is 19.1. The molecule has 1 aromatic heterocycles. The second-order valence-electron chi connectivity index (χ2n) is 8.05. The normalized spacial score (nSPS) is 11.8. The molecule has 3 rings (SSSR count). The van der Waals surface area contributed by atoms with Gasteiger partial charge in [-0.1, -0.05) is 51.2 Å². The van der Waals surface area contributed by atoms with Crippen LogP contribution >= 0.6 is 0 Å². The quantitative estimate of drug-likeness (QED) is 0.264. The number of aromatic nitrogens is 2. The molecule has 0 amide bonds. The zero-order valence-electron chi connectivity index (χ0n) is 19.1. The van der Waals surface area contributed by atoms with Gasteiger partial charge in [0.15, 0.2) is 5.82 Å². The molecule has 1 heterocycles. The number of hydrogen-bond donors (Lipinski definition) is 0. The number of halogens is 1. The summed E-state index contributed by atoms with van der Waals surface area (Å²) in [4.78, 5) is 9.03. The number of alkyl halides is 1. The monoisotopic (exact) mass is 436 g/mol. The molecule has 3 aromatic rings. The van der Waals surface area contributed by atoms with Crippen LogP contribution in [0.25, 0.3) is 22.5 Å². The summed E-state index contributed by atoms with van der Waals surface area (Å²) in [6.45, 7) is 4.52. The molecule has 0 bridgehead atoms. The van der Waals surface area contributed by atoms with Gasteiger partial charge in [-0.25, -0.2) is 14.4 Å². The lowest BCUT2D eigenvalue weighted by atomic mass is 10.1. The van der Waals surface area contributed by atoms with Crippen LogP contribution in [-0.2, 0) is 0 Å². The Kier molecular flexibility index (Phi) is 9.48. The van der Waals surface area contributed by atoms with Crippen molar-refractivity contribution in [1.29, 1.82) is 0 Å². The third kappa shape index (κ3) is 7.63. The van der Waals surface area contributed by atoms with Gasteiger partial charge in [0.25, 0.3) is 0 Å².